The molecule has 0 radical (unpaired) electrons. The van der Waals surface area contributed by atoms with Crippen molar-refractivity contribution in [2.75, 3.05) is 11.9 Å². The topological polar surface area (TPSA) is 9.23 Å². The minimum Gasteiger partial charge on any atom is -0.489 e. The van der Waals surface area contributed by atoms with Crippen molar-refractivity contribution in [3.05, 3.63) is 28.2 Å². The highest BCUT2D eigenvalue weighted by Crippen LogP contribution is 2.29. The molecular formula is C10H10Br2F2O. The van der Waals surface area contributed by atoms with Crippen LogP contribution in [0, 0.1) is 11.6 Å². The molecule has 0 unspecified atom stereocenters. The summed E-state index contributed by atoms with van der Waals surface area (Å²) < 4.78 is 31.5. The van der Waals surface area contributed by atoms with Crippen LogP contribution >= 0.6 is 31.9 Å². The zero-order chi connectivity index (χ0) is 11.3. The fourth-order valence-electron chi connectivity index (χ4n) is 1.04. The number of hydrogen-bond acceptors (Lipinski definition) is 1. The van der Waals surface area contributed by atoms with Crippen LogP contribution in [-0.4, -0.2) is 11.9 Å². The van der Waals surface area contributed by atoms with Gasteiger partial charge in [0.2, 0.25) is 0 Å². The Morgan fingerprint density at radius 1 is 1.20 bits per heavy atom. The van der Waals surface area contributed by atoms with Gasteiger partial charge in [-0.1, -0.05) is 15.9 Å². The summed E-state index contributed by atoms with van der Waals surface area (Å²) in [5, 5.41) is 0.892. The molecule has 0 fully saturated rings. The van der Waals surface area contributed by atoms with Crippen LogP contribution in [0.25, 0.3) is 0 Å². The predicted octanol–water partition coefficient (Wildman–Crippen LogP) is 4.28. The van der Waals surface area contributed by atoms with Gasteiger partial charge in [-0.2, -0.15) is 0 Å². The van der Waals surface area contributed by atoms with E-state index in [0.717, 1.165) is 24.2 Å². The summed E-state index contributed by atoms with van der Waals surface area (Å²) in [5.41, 5.74) is 0. The second kappa shape index (κ2) is 6.43. The molecule has 0 saturated heterocycles. The van der Waals surface area contributed by atoms with E-state index >= 15 is 0 Å². The largest absolute Gasteiger partial charge is 0.489 e. The Hall–Kier alpha value is -0.160. The molecule has 0 atom stereocenters. The number of unbranched alkanes of at least 4 members (excludes halogenated alkanes) is 1. The Bertz CT molecular complexity index is 308. The summed E-state index contributed by atoms with van der Waals surface area (Å²) >= 11 is 6.34. The normalized spacial score (nSPS) is 10.4. The molecule has 5 heteroatoms. The third kappa shape index (κ3) is 4.07. The van der Waals surface area contributed by atoms with Crippen molar-refractivity contribution in [2.45, 2.75) is 12.8 Å². The molecule has 0 spiro atoms. The van der Waals surface area contributed by atoms with Gasteiger partial charge >= 0.3 is 0 Å². The van der Waals surface area contributed by atoms with Crippen LogP contribution in [0.1, 0.15) is 12.8 Å². The smallest absolute Gasteiger partial charge is 0.169 e. The lowest BCUT2D eigenvalue weighted by Crippen LogP contribution is -2.00. The molecule has 0 amide bonds. The lowest BCUT2D eigenvalue weighted by Gasteiger charge is -2.08. The maximum absolute atomic E-state index is 13.2. The number of benzene rings is 1. The monoisotopic (exact) mass is 342 g/mol. The van der Waals surface area contributed by atoms with Gasteiger partial charge in [0.1, 0.15) is 5.82 Å². The van der Waals surface area contributed by atoms with Crippen molar-refractivity contribution >= 4 is 31.9 Å². The Balaban J connectivity index is 2.60. The molecular weight excluding hydrogens is 334 g/mol. The van der Waals surface area contributed by atoms with E-state index < -0.39 is 11.6 Å². The molecule has 84 valence electrons. The molecule has 0 aliphatic heterocycles. The Kier molecular flexibility index (Phi) is 5.53. The standard InChI is InChI=1S/C10H10Br2F2O/c11-3-1-2-4-15-10-8(12)5-7(13)6-9(10)14/h5-6H,1-4H2. The molecule has 1 aromatic rings. The molecule has 0 aliphatic rings. The second-order valence-electron chi connectivity index (χ2n) is 2.94. The second-order valence-corrected chi connectivity index (χ2v) is 4.59. The van der Waals surface area contributed by atoms with E-state index in [1.807, 2.05) is 0 Å². The lowest BCUT2D eigenvalue weighted by molar-refractivity contribution is 0.291. The van der Waals surface area contributed by atoms with Crippen LogP contribution in [0.3, 0.4) is 0 Å². The van der Waals surface area contributed by atoms with Crippen LogP contribution in [-0.2, 0) is 0 Å². The van der Waals surface area contributed by atoms with Crippen molar-refractivity contribution in [3.63, 3.8) is 0 Å². The van der Waals surface area contributed by atoms with Crippen LogP contribution in [0.4, 0.5) is 8.78 Å². The van der Waals surface area contributed by atoms with E-state index in [2.05, 4.69) is 31.9 Å². The average Bonchev–Trinajstić information content (AvgIpc) is 2.15. The van der Waals surface area contributed by atoms with Crippen molar-refractivity contribution in [3.8, 4) is 5.75 Å². The van der Waals surface area contributed by atoms with Crippen molar-refractivity contribution in [1.82, 2.24) is 0 Å². The number of rotatable bonds is 5. The molecule has 0 N–H and O–H groups in total. The average molecular weight is 344 g/mol. The molecule has 0 aromatic heterocycles. The first-order chi connectivity index (χ1) is 7.15. The number of ether oxygens (including phenoxy) is 1. The van der Waals surface area contributed by atoms with Gasteiger partial charge in [0.05, 0.1) is 11.1 Å². The maximum Gasteiger partial charge on any atom is 0.169 e. The molecule has 15 heavy (non-hydrogen) atoms. The quantitative estimate of drug-likeness (QED) is 0.572. The molecule has 0 bridgehead atoms. The highest BCUT2D eigenvalue weighted by Gasteiger charge is 2.10. The van der Waals surface area contributed by atoms with Crippen LogP contribution < -0.4 is 4.74 Å². The first kappa shape index (κ1) is 12.9. The van der Waals surface area contributed by atoms with Crippen molar-refractivity contribution in [1.29, 1.82) is 0 Å². The van der Waals surface area contributed by atoms with E-state index in [-0.39, 0.29) is 5.75 Å². The van der Waals surface area contributed by atoms with Gasteiger partial charge in [0.25, 0.3) is 0 Å². The first-order valence-corrected chi connectivity index (χ1v) is 6.40. The summed E-state index contributed by atoms with van der Waals surface area (Å²) in [5.74, 6) is -1.22. The minimum absolute atomic E-state index is 0.0750. The summed E-state index contributed by atoms with van der Waals surface area (Å²) in [7, 11) is 0. The zero-order valence-electron chi connectivity index (χ0n) is 7.90. The molecule has 0 aliphatic carbocycles. The van der Waals surface area contributed by atoms with E-state index in [1.165, 1.54) is 6.07 Å². The highest BCUT2D eigenvalue weighted by molar-refractivity contribution is 9.10. The third-order valence-corrected chi connectivity index (χ3v) is 2.89. The van der Waals surface area contributed by atoms with Crippen molar-refractivity contribution in [2.24, 2.45) is 0 Å². The first-order valence-electron chi connectivity index (χ1n) is 4.48. The number of halogens is 4. The van der Waals surface area contributed by atoms with E-state index in [9.17, 15) is 8.78 Å². The Morgan fingerprint density at radius 3 is 2.53 bits per heavy atom. The highest BCUT2D eigenvalue weighted by atomic mass is 79.9. The molecule has 0 heterocycles. The van der Waals surface area contributed by atoms with E-state index in [0.29, 0.717) is 11.1 Å². The minimum atomic E-state index is -0.680. The zero-order valence-corrected chi connectivity index (χ0v) is 11.1. The molecule has 1 nitrogen and oxygen atoms in total. The van der Waals surface area contributed by atoms with Gasteiger partial charge in [0, 0.05) is 11.4 Å². The van der Waals surface area contributed by atoms with Crippen molar-refractivity contribution < 1.29 is 13.5 Å². The molecule has 1 aromatic carbocycles. The summed E-state index contributed by atoms with van der Waals surface area (Å²) in [6.45, 7) is 0.423. The summed E-state index contributed by atoms with van der Waals surface area (Å²) in [6, 6.07) is 1.99. The van der Waals surface area contributed by atoms with Gasteiger partial charge in [0.15, 0.2) is 11.6 Å². The molecule has 1 rings (SSSR count). The molecule has 0 saturated carbocycles. The Morgan fingerprint density at radius 2 is 1.93 bits per heavy atom. The summed E-state index contributed by atoms with van der Waals surface area (Å²) in [6.07, 6.45) is 1.79. The lowest BCUT2D eigenvalue weighted by atomic mass is 10.3. The fourth-order valence-corrected chi connectivity index (χ4v) is 1.96. The van der Waals surface area contributed by atoms with Crippen LogP contribution in [0.2, 0.25) is 0 Å². The number of hydrogen-bond donors (Lipinski definition) is 0. The fraction of sp³-hybridized carbons (Fsp3) is 0.400. The van der Waals surface area contributed by atoms with Crippen LogP contribution in [0.5, 0.6) is 5.75 Å². The predicted molar refractivity (Wildman–Crippen MR) is 62.6 cm³/mol. The third-order valence-electron chi connectivity index (χ3n) is 1.74. The SMILES string of the molecule is Fc1cc(F)c(OCCCCBr)c(Br)c1. The number of alkyl halides is 1. The maximum atomic E-state index is 13.2. The van der Waals surface area contributed by atoms with Crippen LogP contribution in [0.15, 0.2) is 16.6 Å². The van der Waals surface area contributed by atoms with E-state index in [1.54, 1.807) is 0 Å². The summed E-state index contributed by atoms with van der Waals surface area (Å²) in [4.78, 5) is 0. The van der Waals surface area contributed by atoms with Gasteiger partial charge in [-0.15, -0.1) is 0 Å². The van der Waals surface area contributed by atoms with E-state index in [4.69, 9.17) is 4.74 Å². The van der Waals surface area contributed by atoms with Gasteiger partial charge in [-0.3, -0.25) is 0 Å². The van der Waals surface area contributed by atoms with Gasteiger partial charge < -0.3 is 4.74 Å². The Labute approximate surface area is 104 Å². The van der Waals surface area contributed by atoms with Gasteiger partial charge in [-0.25, -0.2) is 8.78 Å². The van der Waals surface area contributed by atoms with Gasteiger partial charge in [-0.05, 0) is 34.8 Å².